The van der Waals surface area contributed by atoms with Crippen LogP contribution in [0.3, 0.4) is 0 Å². The topological polar surface area (TPSA) is 80.3 Å². The van der Waals surface area contributed by atoms with E-state index in [9.17, 15) is 14.0 Å². The summed E-state index contributed by atoms with van der Waals surface area (Å²) in [6, 6.07) is 13.1. The maximum Gasteiger partial charge on any atom is 0.272 e. The molecule has 2 aromatic carbocycles. The molecule has 0 saturated heterocycles. The third kappa shape index (κ3) is 4.92. The van der Waals surface area contributed by atoms with Crippen LogP contribution in [0.1, 0.15) is 23.0 Å². The molecule has 1 aromatic heterocycles. The molecule has 6 nitrogen and oxygen atoms in total. The Labute approximate surface area is 165 Å². The van der Waals surface area contributed by atoms with Gasteiger partial charge in [-0.25, -0.2) is 9.37 Å². The molecular formula is C20H18FN3O3S. The molecule has 1 heterocycles. The van der Waals surface area contributed by atoms with Crippen LogP contribution in [0.5, 0.6) is 5.75 Å². The number of nitrogens with zero attached hydrogens (tertiary/aromatic N) is 1. The summed E-state index contributed by atoms with van der Waals surface area (Å²) in [6.45, 7) is 2.52. The van der Waals surface area contributed by atoms with Crippen molar-refractivity contribution in [1.82, 2.24) is 15.8 Å². The molecule has 0 radical (unpaired) electrons. The van der Waals surface area contributed by atoms with Crippen LogP contribution < -0.4 is 15.6 Å². The zero-order valence-corrected chi connectivity index (χ0v) is 15.9. The molecule has 0 saturated carbocycles. The Morgan fingerprint density at radius 2 is 1.86 bits per heavy atom. The smallest absolute Gasteiger partial charge is 0.272 e. The molecule has 3 rings (SSSR count). The molecule has 0 bridgehead atoms. The minimum Gasteiger partial charge on any atom is -0.494 e. The number of nitrogens with one attached hydrogen (secondary N) is 2. The predicted molar refractivity (Wildman–Crippen MR) is 104 cm³/mol. The highest BCUT2D eigenvalue weighted by Crippen LogP contribution is 2.26. The molecule has 0 aliphatic carbocycles. The quantitative estimate of drug-likeness (QED) is 0.623. The summed E-state index contributed by atoms with van der Waals surface area (Å²) < 4.78 is 19.0. The number of hydrazine groups is 1. The third-order valence-corrected chi connectivity index (χ3v) is 4.68. The van der Waals surface area contributed by atoms with Crippen molar-refractivity contribution in [2.24, 2.45) is 0 Å². The van der Waals surface area contributed by atoms with Crippen LogP contribution in [0.2, 0.25) is 0 Å². The van der Waals surface area contributed by atoms with Crippen LogP contribution in [0.15, 0.2) is 53.9 Å². The largest absolute Gasteiger partial charge is 0.494 e. The number of carbonyl (C=O) groups is 2. The molecule has 3 aromatic rings. The van der Waals surface area contributed by atoms with Crippen molar-refractivity contribution in [3.8, 4) is 16.3 Å². The van der Waals surface area contributed by atoms with Gasteiger partial charge in [0.1, 0.15) is 16.6 Å². The van der Waals surface area contributed by atoms with Crippen LogP contribution in [-0.4, -0.2) is 23.4 Å². The van der Waals surface area contributed by atoms with E-state index in [-0.39, 0.29) is 12.0 Å². The lowest BCUT2D eigenvalue weighted by atomic mass is 10.2. The normalized spacial score (nSPS) is 10.4. The standard InChI is InChI=1S/C20H18FN3O3S/c1-2-27-15-9-7-13(8-10-15)20-22-14(12-28-20)11-18(25)23-24-19(26)16-5-3-4-6-17(16)21/h3-10,12H,2,11H2,1H3,(H,23,25)(H,24,26). The average molecular weight is 399 g/mol. The van der Waals surface area contributed by atoms with Crippen LogP contribution in [0, 0.1) is 5.82 Å². The first kappa shape index (κ1) is 19.5. The summed E-state index contributed by atoms with van der Waals surface area (Å²) in [4.78, 5) is 28.4. The first-order valence-corrected chi connectivity index (χ1v) is 9.46. The Bertz CT molecular complexity index is 973. The Morgan fingerprint density at radius 3 is 2.57 bits per heavy atom. The third-order valence-electron chi connectivity index (χ3n) is 3.74. The van der Waals surface area contributed by atoms with Gasteiger partial charge in [-0.05, 0) is 43.3 Å². The highest BCUT2D eigenvalue weighted by Gasteiger charge is 2.13. The van der Waals surface area contributed by atoms with Crippen molar-refractivity contribution in [2.45, 2.75) is 13.3 Å². The van der Waals surface area contributed by atoms with Gasteiger partial charge in [0.25, 0.3) is 5.91 Å². The lowest BCUT2D eigenvalue weighted by Crippen LogP contribution is -2.42. The van der Waals surface area contributed by atoms with E-state index in [0.29, 0.717) is 12.3 Å². The Morgan fingerprint density at radius 1 is 1.11 bits per heavy atom. The number of hydrogen-bond donors (Lipinski definition) is 2. The van der Waals surface area contributed by atoms with Gasteiger partial charge in [-0.1, -0.05) is 12.1 Å². The van der Waals surface area contributed by atoms with Gasteiger partial charge in [0.15, 0.2) is 0 Å². The molecule has 144 valence electrons. The molecule has 0 fully saturated rings. The van der Waals surface area contributed by atoms with Crippen LogP contribution in [0.4, 0.5) is 4.39 Å². The van der Waals surface area contributed by atoms with E-state index >= 15 is 0 Å². The molecule has 2 amide bonds. The summed E-state index contributed by atoms with van der Waals surface area (Å²) in [5.74, 6) is -1.05. The number of amides is 2. The van der Waals surface area contributed by atoms with Gasteiger partial charge in [-0.15, -0.1) is 11.3 Å². The SMILES string of the molecule is CCOc1ccc(-c2nc(CC(=O)NNC(=O)c3ccccc3F)cs2)cc1. The average Bonchev–Trinajstić information content (AvgIpc) is 3.16. The van der Waals surface area contributed by atoms with E-state index < -0.39 is 17.6 Å². The van der Waals surface area contributed by atoms with Gasteiger partial charge < -0.3 is 4.74 Å². The first-order chi connectivity index (χ1) is 13.6. The second-order valence-electron chi connectivity index (χ2n) is 5.76. The lowest BCUT2D eigenvalue weighted by molar-refractivity contribution is -0.121. The molecule has 0 aliphatic rings. The second-order valence-corrected chi connectivity index (χ2v) is 6.62. The monoisotopic (exact) mass is 399 g/mol. The minimum atomic E-state index is -0.722. The van der Waals surface area contributed by atoms with Crippen LogP contribution >= 0.6 is 11.3 Å². The maximum atomic E-state index is 13.6. The van der Waals surface area contributed by atoms with Crippen LogP contribution in [-0.2, 0) is 11.2 Å². The number of halogens is 1. The number of rotatable bonds is 6. The van der Waals surface area contributed by atoms with Gasteiger partial charge in [0.05, 0.1) is 24.3 Å². The zero-order chi connectivity index (χ0) is 19.9. The summed E-state index contributed by atoms with van der Waals surface area (Å²) in [7, 11) is 0. The predicted octanol–water partition coefficient (Wildman–Crippen LogP) is 3.35. The highest BCUT2D eigenvalue weighted by molar-refractivity contribution is 7.13. The van der Waals surface area contributed by atoms with Gasteiger partial charge in [0.2, 0.25) is 5.91 Å². The van der Waals surface area contributed by atoms with Gasteiger partial charge in [0, 0.05) is 10.9 Å². The van der Waals surface area contributed by atoms with E-state index in [2.05, 4.69) is 15.8 Å². The Kier molecular flexibility index (Phi) is 6.33. The molecule has 8 heteroatoms. The fourth-order valence-electron chi connectivity index (χ4n) is 2.43. The number of hydrogen-bond acceptors (Lipinski definition) is 5. The van der Waals surface area contributed by atoms with Crippen molar-refractivity contribution in [3.05, 3.63) is 71.0 Å². The molecule has 0 unspecified atom stereocenters. The molecule has 0 aliphatic heterocycles. The summed E-state index contributed by atoms with van der Waals surface area (Å²) in [5, 5.41) is 2.56. The van der Waals surface area contributed by atoms with E-state index in [1.165, 1.54) is 35.6 Å². The molecule has 2 N–H and O–H groups in total. The zero-order valence-electron chi connectivity index (χ0n) is 15.1. The number of carbonyl (C=O) groups excluding carboxylic acids is 2. The minimum absolute atomic E-state index is 0.00885. The fourth-order valence-corrected chi connectivity index (χ4v) is 3.25. The van der Waals surface area contributed by atoms with Gasteiger partial charge >= 0.3 is 0 Å². The number of thiazole rings is 1. The lowest BCUT2D eigenvalue weighted by Gasteiger charge is -2.07. The van der Waals surface area contributed by atoms with E-state index in [1.807, 2.05) is 31.2 Å². The summed E-state index contributed by atoms with van der Waals surface area (Å²) >= 11 is 1.42. The van der Waals surface area contributed by atoms with Crippen molar-refractivity contribution < 1.29 is 18.7 Å². The second kappa shape index (κ2) is 9.09. The number of aromatic nitrogens is 1. The highest BCUT2D eigenvalue weighted by atomic mass is 32.1. The van der Waals surface area contributed by atoms with Crippen molar-refractivity contribution in [3.63, 3.8) is 0 Å². The molecule has 0 spiro atoms. The number of ether oxygens (including phenoxy) is 1. The van der Waals surface area contributed by atoms with Crippen molar-refractivity contribution in [1.29, 1.82) is 0 Å². The van der Waals surface area contributed by atoms with E-state index in [4.69, 9.17) is 4.74 Å². The summed E-state index contributed by atoms with van der Waals surface area (Å²) in [5.41, 5.74) is 5.83. The number of benzene rings is 2. The van der Waals surface area contributed by atoms with Crippen molar-refractivity contribution >= 4 is 23.2 Å². The van der Waals surface area contributed by atoms with E-state index in [0.717, 1.165) is 16.3 Å². The van der Waals surface area contributed by atoms with Gasteiger partial charge in [-0.2, -0.15) is 0 Å². The Balaban J connectivity index is 1.55. The van der Waals surface area contributed by atoms with Crippen LogP contribution in [0.25, 0.3) is 10.6 Å². The molecule has 0 atom stereocenters. The van der Waals surface area contributed by atoms with Crippen molar-refractivity contribution in [2.75, 3.05) is 6.61 Å². The molecular weight excluding hydrogens is 381 g/mol. The molecule has 28 heavy (non-hydrogen) atoms. The fraction of sp³-hybridized carbons (Fsp3) is 0.150. The maximum absolute atomic E-state index is 13.6. The Hall–Kier alpha value is -3.26. The van der Waals surface area contributed by atoms with E-state index in [1.54, 1.807) is 5.38 Å². The summed E-state index contributed by atoms with van der Waals surface area (Å²) in [6.07, 6.45) is -0.00885. The first-order valence-electron chi connectivity index (χ1n) is 8.58. The van der Waals surface area contributed by atoms with Gasteiger partial charge in [-0.3, -0.25) is 20.4 Å².